The van der Waals surface area contributed by atoms with Crippen molar-refractivity contribution in [2.75, 3.05) is 0 Å². The summed E-state index contributed by atoms with van der Waals surface area (Å²) in [7, 11) is 0. The van der Waals surface area contributed by atoms with Crippen molar-refractivity contribution in [3.63, 3.8) is 0 Å². The van der Waals surface area contributed by atoms with E-state index in [1.165, 1.54) is 6.20 Å². The molecule has 54 valence electrons. The third-order valence-electron chi connectivity index (χ3n) is 1.24. The van der Waals surface area contributed by atoms with E-state index in [2.05, 4.69) is 5.10 Å². The number of rotatable bonds is 1. The van der Waals surface area contributed by atoms with E-state index < -0.39 is 6.09 Å². The van der Waals surface area contributed by atoms with E-state index in [4.69, 9.17) is 5.11 Å². The monoisotopic (exact) mass is 140 g/mol. The third-order valence-corrected chi connectivity index (χ3v) is 1.24. The molecule has 1 aromatic rings. The highest BCUT2D eigenvalue weighted by molar-refractivity contribution is 5.66. The number of carboxylic acid groups (broad SMARTS) is 1. The summed E-state index contributed by atoms with van der Waals surface area (Å²) in [6, 6.07) is 0. The summed E-state index contributed by atoms with van der Waals surface area (Å²) in [5, 5.41) is 12.0. The van der Waals surface area contributed by atoms with Crippen LogP contribution in [0.25, 0.3) is 0 Å². The number of hydrogen-bond acceptors (Lipinski definition) is 2. The predicted octanol–water partition coefficient (Wildman–Crippen LogP) is 0.972. The van der Waals surface area contributed by atoms with Gasteiger partial charge in [0, 0.05) is 6.20 Å². The largest absolute Gasteiger partial charge is 0.463 e. The summed E-state index contributed by atoms with van der Waals surface area (Å²) in [5.41, 5.74) is 0.933. The fourth-order valence-corrected chi connectivity index (χ4v) is 0.647. The molecular formula is C6H8N2O2. The molecule has 0 aliphatic carbocycles. The van der Waals surface area contributed by atoms with Gasteiger partial charge in [0.25, 0.3) is 0 Å². The van der Waals surface area contributed by atoms with Gasteiger partial charge in [-0.2, -0.15) is 9.78 Å². The van der Waals surface area contributed by atoms with E-state index in [0.717, 1.165) is 16.7 Å². The van der Waals surface area contributed by atoms with Crippen LogP contribution in [0, 0.1) is 0 Å². The maximum Gasteiger partial charge on any atom is 0.432 e. The van der Waals surface area contributed by atoms with Crippen LogP contribution in [0.5, 0.6) is 0 Å². The average Bonchev–Trinajstić information content (AvgIpc) is 2.34. The normalized spacial score (nSPS) is 9.70. The van der Waals surface area contributed by atoms with Gasteiger partial charge in [0.15, 0.2) is 0 Å². The van der Waals surface area contributed by atoms with Crippen molar-refractivity contribution in [1.82, 2.24) is 9.78 Å². The molecule has 0 saturated carbocycles. The van der Waals surface area contributed by atoms with Gasteiger partial charge in [-0.1, -0.05) is 6.92 Å². The molecule has 4 nitrogen and oxygen atoms in total. The lowest BCUT2D eigenvalue weighted by Crippen LogP contribution is -2.07. The molecule has 1 heterocycles. The predicted molar refractivity (Wildman–Crippen MR) is 35.0 cm³/mol. The molecule has 0 saturated heterocycles. The van der Waals surface area contributed by atoms with Gasteiger partial charge in [-0.15, -0.1) is 0 Å². The fraction of sp³-hybridized carbons (Fsp3) is 0.333. The summed E-state index contributed by atoms with van der Waals surface area (Å²) in [6.45, 7) is 1.95. The summed E-state index contributed by atoms with van der Waals surface area (Å²) in [4.78, 5) is 10.2. The van der Waals surface area contributed by atoms with Crippen LogP contribution in [-0.2, 0) is 6.42 Å². The van der Waals surface area contributed by atoms with Crippen LogP contribution in [-0.4, -0.2) is 21.0 Å². The number of aryl methyl sites for hydroxylation is 1. The highest BCUT2D eigenvalue weighted by atomic mass is 16.4. The second-order valence-electron chi connectivity index (χ2n) is 1.93. The molecule has 4 heteroatoms. The second kappa shape index (κ2) is 2.51. The molecule has 0 atom stereocenters. The van der Waals surface area contributed by atoms with Crippen LogP contribution in [0.4, 0.5) is 4.79 Å². The van der Waals surface area contributed by atoms with Gasteiger partial charge in [-0.05, 0) is 12.0 Å². The fourth-order valence-electron chi connectivity index (χ4n) is 0.647. The zero-order valence-electron chi connectivity index (χ0n) is 5.61. The van der Waals surface area contributed by atoms with Gasteiger partial charge in [0.05, 0.1) is 6.20 Å². The molecule has 0 unspecified atom stereocenters. The first kappa shape index (κ1) is 6.80. The first-order valence-electron chi connectivity index (χ1n) is 3.01. The molecular weight excluding hydrogens is 132 g/mol. The molecule has 1 N–H and O–H groups in total. The minimum Gasteiger partial charge on any atom is -0.463 e. The van der Waals surface area contributed by atoms with Crippen LogP contribution in [0.15, 0.2) is 12.4 Å². The number of hydrogen-bond donors (Lipinski definition) is 1. The summed E-state index contributed by atoms with van der Waals surface area (Å²) in [6.07, 6.45) is 2.82. The van der Waals surface area contributed by atoms with Gasteiger partial charge < -0.3 is 5.11 Å². The molecule has 1 rings (SSSR count). The van der Waals surface area contributed by atoms with Crippen molar-refractivity contribution < 1.29 is 9.90 Å². The van der Waals surface area contributed by atoms with Gasteiger partial charge in [-0.25, -0.2) is 4.79 Å². The Morgan fingerprint density at radius 1 is 1.90 bits per heavy atom. The van der Waals surface area contributed by atoms with Crippen LogP contribution in [0.1, 0.15) is 12.5 Å². The van der Waals surface area contributed by atoms with Crippen molar-refractivity contribution in [3.05, 3.63) is 18.0 Å². The van der Waals surface area contributed by atoms with Crippen LogP contribution >= 0.6 is 0 Å². The number of carbonyl (C=O) groups is 1. The molecule has 1 aromatic heterocycles. The first-order chi connectivity index (χ1) is 4.74. The van der Waals surface area contributed by atoms with E-state index >= 15 is 0 Å². The zero-order valence-corrected chi connectivity index (χ0v) is 5.61. The van der Waals surface area contributed by atoms with Crippen molar-refractivity contribution in [3.8, 4) is 0 Å². The molecule has 0 aliphatic heterocycles. The van der Waals surface area contributed by atoms with E-state index in [-0.39, 0.29) is 0 Å². The third kappa shape index (κ3) is 1.15. The maximum atomic E-state index is 10.2. The van der Waals surface area contributed by atoms with Gasteiger partial charge in [-0.3, -0.25) is 0 Å². The quantitative estimate of drug-likeness (QED) is 0.632. The van der Waals surface area contributed by atoms with Gasteiger partial charge in [0.1, 0.15) is 0 Å². The second-order valence-corrected chi connectivity index (χ2v) is 1.93. The lowest BCUT2D eigenvalue weighted by Gasteiger charge is -1.86. The SMILES string of the molecule is CCc1cnn(C(=O)O)c1. The number of nitrogens with zero attached hydrogens (tertiary/aromatic N) is 2. The van der Waals surface area contributed by atoms with Gasteiger partial charge >= 0.3 is 6.09 Å². The van der Waals surface area contributed by atoms with E-state index in [1.54, 1.807) is 6.20 Å². The number of aromatic nitrogens is 2. The summed E-state index contributed by atoms with van der Waals surface area (Å²) < 4.78 is 0.902. The Labute approximate surface area is 58.1 Å². The van der Waals surface area contributed by atoms with Crippen molar-refractivity contribution in [2.24, 2.45) is 0 Å². The molecule has 0 aliphatic rings. The smallest absolute Gasteiger partial charge is 0.432 e. The Kier molecular flexibility index (Phi) is 1.71. The van der Waals surface area contributed by atoms with Crippen LogP contribution in [0.2, 0.25) is 0 Å². The standard InChI is InChI=1S/C6H8N2O2/c1-2-5-3-7-8(4-5)6(9)10/h3-4H,2H2,1H3,(H,9,10). The van der Waals surface area contributed by atoms with Crippen molar-refractivity contribution in [1.29, 1.82) is 0 Å². The minimum atomic E-state index is -1.04. The molecule has 0 aromatic carbocycles. The van der Waals surface area contributed by atoms with Crippen LogP contribution < -0.4 is 0 Å². The highest BCUT2D eigenvalue weighted by Crippen LogP contribution is 1.96. The molecule has 0 amide bonds. The summed E-state index contributed by atoms with van der Waals surface area (Å²) in [5.74, 6) is 0. The Morgan fingerprint density at radius 2 is 2.60 bits per heavy atom. The lowest BCUT2D eigenvalue weighted by molar-refractivity contribution is 0.192. The maximum absolute atomic E-state index is 10.2. The molecule has 0 bridgehead atoms. The van der Waals surface area contributed by atoms with E-state index in [1.807, 2.05) is 6.92 Å². The molecule has 0 radical (unpaired) electrons. The lowest BCUT2D eigenvalue weighted by atomic mass is 10.3. The average molecular weight is 140 g/mol. The topological polar surface area (TPSA) is 55.1 Å². The minimum absolute atomic E-state index is 0.813. The Bertz CT molecular complexity index is 242. The Hall–Kier alpha value is -1.32. The van der Waals surface area contributed by atoms with Crippen molar-refractivity contribution in [2.45, 2.75) is 13.3 Å². The van der Waals surface area contributed by atoms with Crippen molar-refractivity contribution >= 4 is 6.09 Å². The summed E-state index contributed by atoms with van der Waals surface area (Å²) >= 11 is 0. The van der Waals surface area contributed by atoms with Crippen LogP contribution in [0.3, 0.4) is 0 Å². The first-order valence-corrected chi connectivity index (χ1v) is 3.01. The van der Waals surface area contributed by atoms with Gasteiger partial charge in [0.2, 0.25) is 0 Å². The molecule has 0 spiro atoms. The zero-order chi connectivity index (χ0) is 7.56. The van der Waals surface area contributed by atoms with E-state index in [9.17, 15) is 4.79 Å². The van der Waals surface area contributed by atoms with E-state index in [0.29, 0.717) is 0 Å². The molecule has 10 heavy (non-hydrogen) atoms. The Balaban J connectivity index is 2.88. The highest BCUT2D eigenvalue weighted by Gasteiger charge is 2.00. The Morgan fingerprint density at radius 3 is 2.90 bits per heavy atom. The molecule has 0 fully saturated rings.